The van der Waals surface area contributed by atoms with Gasteiger partial charge in [0.05, 0.1) is 11.4 Å². The first kappa shape index (κ1) is 13.2. The van der Waals surface area contributed by atoms with Gasteiger partial charge in [-0.25, -0.2) is 0 Å². The van der Waals surface area contributed by atoms with Crippen molar-refractivity contribution in [3.8, 4) is 0 Å². The molecule has 0 N–H and O–H groups in total. The second-order valence-corrected chi connectivity index (χ2v) is 6.10. The lowest BCUT2D eigenvalue weighted by atomic mass is 10.0. The standard InChI is InChI=1S/C19H14N2S/c1-2-6-14(7-3-1)19-16(18-9-5-11-22-18)12-17(21-19)15-8-4-10-20-13-15/h1-11,13H,12H2. The molecular formula is C19H14N2S. The molecule has 0 spiro atoms. The van der Waals surface area contributed by atoms with E-state index >= 15 is 0 Å². The van der Waals surface area contributed by atoms with Gasteiger partial charge in [0.2, 0.25) is 0 Å². The molecule has 4 rings (SSSR count). The molecule has 2 nitrogen and oxygen atoms in total. The smallest absolute Gasteiger partial charge is 0.0755 e. The number of thiophene rings is 1. The fraction of sp³-hybridized carbons (Fsp3) is 0.0526. The third-order valence-electron chi connectivity index (χ3n) is 3.74. The van der Waals surface area contributed by atoms with Gasteiger partial charge in [0.1, 0.15) is 0 Å². The fourth-order valence-electron chi connectivity index (χ4n) is 2.68. The lowest BCUT2D eigenvalue weighted by molar-refractivity contribution is 1.31. The molecule has 2 aromatic heterocycles. The third-order valence-corrected chi connectivity index (χ3v) is 4.67. The summed E-state index contributed by atoms with van der Waals surface area (Å²) >= 11 is 1.77. The van der Waals surface area contributed by atoms with Crippen molar-refractivity contribution in [3.63, 3.8) is 0 Å². The topological polar surface area (TPSA) is 25.2 Å². The lowest BCUT2D eigenvalue weighted by Gasteiger charge is -2.03. The first-order valence-electron chi connectivity index (χ1n) is 7.22. The Morgan fingerprint density at radius 1 is 0.864 bits per heavy atom. The van der Waals surface area contributed by atoms with Gasteiger partial charge in [-0.15, -0.1) is 11.3 Å². The number of hydrogen-bond donors (Lipinski definition) is 0. The predicted molar refractivity (Wildman–Crippen MR) is 93.0 cm³/mol. The molecule has 22 heavy (non-hydrogen) atoms. The highest BCUT2D eigenvalue weighted by molar-refractivity contribution is 7.11. The molecule has 106 valence electrons. The van der Waals surface area contributed by atoms with Gasteiger partial charge >= 0.3 is 0 Å². The van der Waals surface area contributed by atoms with Crippen LogP contribution in [-0.4, -0.2) is 10.7 Å². The number of benzene rings is 1. The van der Waals surface area contributed by atoms with Gasteiger partial charge < -0.3 is 0 Å². The second-order valence-electron chi connectivity index (χ2n) is 5.15. The minimum absolute atomic E-state index is 0.858. The average Bonchev–Trinajstić information content (AvgIpc) is 3.26. The molecule has 0 atom stereocenters. The van der Waals surface area contributed by atoms with Crippen LogP contribution in [0.4, 0.5) is 0 Å². The summed E-state index contributed by atoms with van der Waals surface area (Å²) in [6.45, 7) is 0. The number of rotatable bonds is 3. The Labute approximate surface area is 133 Å². The summed E-state index contributed by atoms with van der Waals surface area (Å²) in [6.07, 6.45) is 4.54. The number of aromatic nitrogens is 1. The summed E-state index contributed by atoms with van der Waals surface area (Å²) in [7, 11) is 0. The van der Waals surface area contributed by atoms with E-state index in [4.69, 9.17) is 4.99 Å². The van der Waals surface area contributed by atoms with E-state index in [0.29, 0.717) is 0 Å². The fourth-order valence-corrected chi connectivity index (χ4v) is 3.45. The quantitative estimate of drug-likeness (QED) is 0.675. The van der Waals surface area contributed by atoms with Crippen molar-refractivity contribution in [2.24, 2.45) is 4.99 Å². The van der Waals surface area contributed by atoms with Crippen molar-refractivity contribution >= 4 is 28.3 Å². The molecule has 1 aliphatic heterocycles. The van der Waals surface area contributed by atoms with Gasteiger partial charge in [-0.1, -0.05) is 42.5 Å². The molecule has 0 bridgehead atoms. The van der Waals surface area contributed by atoms with E-state index in [9.17, 15) is 0 Å². The summed E-state index contributed by atoms with van der Waals surface area (Å²) in [5.41, 5.74) is 5.75. The molecule has 1 aromatic carbocycles. The van der Waals surface area contributed by atoms with E-state index in [1.807, 2.05) is 18.3 Å². The molecule has 3 aromatic rings. The molecule has 0 amide bonds. The van der Waals surface area contributed by atoms with Crippen LogP contribution in [0.15, 0.2) is 77.4 Å². The normalized spacial score (nSPS) is 14.3. The van der Waals surface area contributed by atoms with Gasteiger partial charge in [0, 0.05) is 40.4 Å². The predicted octanol–water partition coefficient (Wildman–Crippen LogP) is 4.90. The maximum absolute atomic E-state index is 4.93. The van der Waals surface area contributed by atoms with Crippen LogP contribution in [0.5, 0.6) is 0 Å². The Hall–Kier alpha value is -2.52. The summed E-state index contributed by atoms with van der Waals surface area (Å²) < 4.78 is 0. The summed E-state index contributed by atoms with van der Waals surface area (Å²) in [5.74, 6) is 0. The van der Waals surface area contributed by atoms with E-state index in [0.717, 1.165) is 23.4 Å². The zero-order valence-corrected chi connectivity index (χ0v) is 12.8. The molecule has 3 heteroatoms. The van der Waals surface area contributed by atoms with E-state index in [1.165, 1.54) is 16.0 Å². The van der Waals surface area contributed by atoms with Crippen molar-refractivity contribution in [3.05, 3.63) is 88.4 Å². The molecule has 0 saturated carbocycles. The number of aliphatic imine (C=N–C) groups is 1. The summed E-state index contributed by atoms with van der Waals surface area (Å²) in [5, 5.41) is 2.12. The maximum atomic E-state index is 4.93. The van der Waals surface area contributed by atoms with E-state index in [1.54, 1.807) is 17.5 Å². The largest absolute Gasteiger partial charge is 0.264 e. The minimum atomic E-state index is 0.858. The zero-order valence-electron chi connectivity index (χ0n) is 11.9. The van der Waals surface area contributed by atoms with Crippen LogP contribution < -0.4 is 0 Å². The van der Waals surface area contributed by atoms with Crippen LogP contribution in [-0.2, 0) is 0 Å². The Balaban J connectivity index is 1.82. The van der Waals surface area contributed by atoms with Crippen LogP contribution >= 0.6 is 11.3 Å². The van der Waals surface area contributed by atoms with E-state index < -0.39 is 0 Å². The molecule has 0 saturated heterocycles. The number of nitrogens with zero attached hydrogens (tertiary/aromatic N) is 2. The van der Waals surface area contributed by atoms with E-state index in [2.05, 4.69) is 52.8 Å². The van der Waals surface area contributed by atoms with Gasteiger partial charge in [-0.05, 0) is 17.5 Å². The van der Waals surface area contributed by atoms with Gasteiger partial charge in [-0.2, -0.15) is 0 Å². The Bertz CT molecular complexity index is 832. The summed E-state index contributed by atoms with van der Waals surface area (Å²) in [6, 6.07) is 18.7. The van der Waals surface area contributed by atoms with Crippen molar-refractivity contribution in [2.45, 2.75) is 6.42 Å². The maximum Gasteiger partial charge on any atom is 0.0755 e. The molecule has 1 aliphatic rings. The SMILES string of the molecule is c1ccc(C2=C(c3cccs3)CC(c3cccnc3)=N2)cc1. The third kappa shape index (κ3) is 2.40. The molecule has 0 unspecified atom stereocenters. The molecule has 3 heterocycles. The first-order chi connectivity index (χ1) is 10.9. The van der Waals surface area contributed by atoms with Crippen molar-refractivity contribution in [1.29, 1.82) is 0 Å². The monoisotopic (exact) mass is 302 g/mol. The van der Waals surface area contributed by atoms with Crippen LogP contribution in [0.25, 0.3) is 11.3 Å². The van der Waals surface area contributed by atoms with Crippen molar-refractivity contribution < 1.29 is 0 Å². The highest BCUT2D eigenvalue weighted by Crippen LogP contribution is 2.38. The second kappa shape index (κ2) is 5.70. The minimum Gasteiger partial charge on any atom is -0.264 e. The Kier molecular flexibility index (Phi) is 3.41. The first-order valence-corrected chi connectivity index (χ1v) is 8.10. The van der Waals surface area contributed by atoms with Gasteiger partial charge in [0.25, 0.3) is 0 Å². The molecule has 0 fully saturated rings. The molecule has 0 radical (unpaired) electrons. The van der Waals surface area contributed by atoms with Crippen LogP contribution in [0.2, 0.25) is 0 Å². The number of allylic oxidation sites excluding steroid dienone is 1. The summed E-state index contributed by atoms with van der Waals surface area (Å²) in [4.78, 5) is 10.4. The number of hydrogen-bond acceptors (Lipinski definition) is 3. The van der Waals surface area contributed by atoms with Crippen molar-refractivity contribution in [2.75, 3.05) is 0 Å². The average molecular weight is 302 g/mol. The highest BCUT2D eigenvalue weighted by Gasteiger charge is 2.22. The van der Waals surface area contributed by atoms with Gasteiger partial charge in [-0.3, -0.25) is 9.98 Å². The highest BCUT2D eigenvalue weighted by atomic mass is 32.1. The molecule has 0 aliphatic carbocycles. The molecular weight excluding hydrogens is 288 g/mol. The Morgan fingerprint density at radius 3 is 2.45 bits per heavy atom. The van der Waals surface area contributed by atoms with Crippen LogP contribution in [0.1, 0.15) is 22.4 Å². The van der Waals surface area contributed by atoms with Gasteiger partial charge in [0.15, 0.2) is 0 Å². The van der Waals surface area contributed by atoms with E-state index in [-0.39, 0.29) is 0 Å². The lowest BCUT2D eigenvalue weighted by Crippen LogP contribution is -1.97. The Morgan fingerprint density at radius 2 is 1.73 bits per heavy atom. The van der Waals surface area contributed by atoms with Crippen LogP contribution in [0.3, 0.4) is 0 Å². The van der Waals surface area contributed by atoms with Crippen molar-refractivity contribution in [1.82, 2.24) is 4.98 Å². The number of pyridine rings is 1. The van der Waals surface area contributed by atoms with Crippen LogP contribution in [0, 0.1) is 0 Å². The zero-order chi connectivity index (χ0) is 14.8.